The van der Waals surface area contributed by atoms with Crippen LogP contribution in [0.25, 0.3) is 10.2 Å². The Morgan fingerprint density at radius 3 is 2.86 bits per heavy atom. The third kappa shape index (κ3) is 3.65. The van der Waals surface area contributed by atoms with Gasteiger partial charge in [-0.1, -0.05) is 0 Å². The number of aryl methyl sites for hydroxylation is 1. The van der Waals surface area contributed by atoms with Crippen LogP contribution in [-0.4, -0.2) is 35.8 Å². The molecule has 4 rings (SSSR count). The van der Waals surface area contributed by atoms with E-state index in [-0.39, 0.29) is 18.2 Å². The number of anilines is 1. The summed E-state index contributed by atoms with van der Waals surface area (Å²) in [4.78, 5) is 33.1. The number of fused-ring (bicyclic) bond motifs is 2. The molecule has 152 valence electrons. The molecule has 1 aliphatic rings. The molecule has 1 aromatic carbocycles. The van der Waals surface area contributed by atoms with Gasteiger partial charge in [0.25, 0.3) is 5.56 Å². The minimum Gasteiger partial charge on any atom is -0.486 e. The molecule has 1 atom stereocenters. The van der Waals surface area contributed by atoms with E-state index in [0.717, 1.165) is 5.69 Å². The predicted molar refractivity (Wildman–Crippen MR) is 110 cm³/mol. The van der Waals surface area contributed by atoms with Crippen LogP contribution in [0.2, 0.25) is 0 Å². The van der Waals surface area contributed by atoms with Crippen LogP contribution in [0.15, 0.2) is 23.0 Å². The number of hydrogen-bond acceptors (Lipinski definition) is 8. The largest absolute Gasteiger partial charge is 0.486 e. The fraction of sp³-hybridized carbons (Fsp3) is 0.350. The highest BCUT2D eigenvalue weighted by atomic mass is 32.1. The molecule has 0 fully saturated rings. The first-order chi connectivity index (χ1) is 14.0. The molecule has 2 aromatic heterocycles. The van der Waals surface area contributed by atoms with Crippen molar-refractivity contribution in [3.8, 4) is 11.5 Å². The highest BCUT2D eigenvalue weighted by Gasteiger charge is 2.21. The summed E-state index contributed by atoms with van der Waals surface area (Å²) in [6.07, 6.45) is 0. The summed E-state index contributed by atoms with van der Waals surface area (Å²) in [6.45, 7) is 6.70. The maximum Gasteiger partial charge on any atom is 0.348 e. The maximum absolute atomic E-state index is 12.7. The Labute approximate surface area is 170 Å². The second-order valence-electron chi connectivity index (χ2n) is 6.63. The molecule has 29 heavy (non-hydrogen) atoms. The Bertz CT molecular complexity index is 1140. The standard InChI is InChI=1S/C20H21N3O5S/c1-4-26-20(25)16-10(2)15-18(24)22-17(23-19(15)29-16)11(3)21-12-5-6-13-14(9-12)28-8-7-27-13/h5-6,9,11,21H,4,7-8H2,1-3H3,(H,22,23,24)/t11-/m1/s1. The molecule has 1 aliphatic heterocycles. The average molecular weight is 415 g/mol. The molecule has 3 aromatic rings. The van der Waals surface area contributed by atoms with E-state index in [1.54, 1.807) is 13.8 Å². The van der Waals surface area contributed by atoms with Gasteiger partial charge in [-0.25, -0.2) is 9.78 Å². The second kappa shape index (κ2) is 7.75. The van der Waals surface area contributed by atoms with Crippen molar-refractivity contribution in [3.63, 3.8) is 0 Å². The minimum absolute atomic E-state index is 0.273. The number of thiophene rings is 1. The molecular weight excluding hydrogens is 394 g/mol. The number of rotatable bonds is 5. The van der Waals surface area contributed by atoms with Crippen molar-refractivity contribution < 1.29 is 19.0 Å². The lowest BCUT2D eigenvalue weighted by Crippen LogP contribution is -2.18. The number of aromatic amines is 1. The number of esters is 1. The lowest BCUT2D eigenvalue weighted by Gasteiger charge is -2.20. The van der Waals surface area contributed by atoms with Gasteiger partial charge in [-0.2, -0.15) is 0 Å². The summed E-state index contributed by atoms with van der Waals surface area (Å²) in [5.74, 6) is 1.44. The second-order valence-corrected chi connectivity index (χ2v) is 7.63. The lowest BCUT2D eigenvalue weighted by molar-refractivity contribution is 0.0531. The summed E-state index contributed by atoms with van der Waals surface area (Å²) < 4.78 is 16.2. The Balaban J connectivity index is 1.63. The van der Waals surface area contributed by atoms with E-state index in [4.69, 9.17) is 14.2 Å². The Morgan fingerprint density at radius 1 is 1.34 bits per heavy atom. The van der Waals surface area contributed by atoms with Gasteiger partial charge in [0, 0.05) is 11.8 Å². The summed E-state index contributed by atoms with van der Waals surface area (Å²) in [5.41, 5.74) is 1.14. The number of H-pyrrole nitrogens is 1. The summed E-state index contributed by atoms with van der Waals surface area (Å²) in [5, 5.41) is 3.73. The fourth-order valence-electron chi connectivity index (χ4n) is 3.21. The van der Waals surface area contributed by atoms with Crippen LogP contribution in [0, 0.1) is 6.92 Å². The fourth-order valence-corrected chi connectivity index (χ4v) is 4.29. The predicted octanol–water partition coefficient (Wildman–Crippen LogP) is 3.41. The van der Waals surface area contributed by atoms with Gasteiger partial charge in [-0.05, 0) is 38.5 Å². The van der Waals surface area contributed by atoms with E-state index >= 15 is 0 Å². The molecule has 8 nitrogen and oxygen atoms in total. The van der Waals surface area contributed by atoms with Crippen LogP contribution in [0.3, 0.4) is 0 Å². The average Bonchev–Trinajstić information content (AvgIpc) is 3.05. The zero-order chi connectivity index (χ0) is 20.5. The first-order valence-corrected chi connectivity index (χ1v) is 10.2. The van der Waals surface area contributed by atoms with Crippen LogP contribution in [0.1, 0.15) is 40.9 Å². The summed E-state index contributed by atoms with van der Waals surface area (Å²) >= 11 is 1.17. The van der Waals surface area contributed by atoms with E-state index in [9.17, 15) is 9.59 Å². The van der Waals surface area contributed by atoms with Gasteiger partial charge in [0.05, 0.1) is 18.0 Å². The molecule has 0 aliphatic carbocycles. The first kappa shape index (κ1) is 19.3. The van der Waals surface area contributed by atoms with Gasteiger partial charge in [-0.3, -0.25) is 4.79 Å². The molecule has 0 bridgehead atoms. The quantitative estimate of drug-likeness (QED) is 0.616. The molecule has 0 unspecified atom stereocenters. The first-order valence-electron chi connectivity index (χ1n) is 9.34. The molecule has 2 N–H and O–H groups in total. The summed E-state index contributed by atoms with van der Waals surface area (Å²) in [7, 11) is 0. The summed E-state index contributed by atoms with van der Waals surface area (Å²) in [6, 6.07) is 5.31. The number of aromatic nitrogens is 2. The maximum atomic E-state index is 12.7. The van der Waals surface area contributed by atoms with Gasteiger partial charge in [0.2, 0.25) is 0 Å². The van der Waals surface area contributed by atoms with Crippen LogP contribution in [0.4, 0.5) is 5.69 Å². The number of benzene rings is 1. The van der Waals surface area contributed by atoms with Gasteiger partial charge < -0.3 is 24.5 Å². The third-order valence-electron chi connectivity index (χ3n) is 4.62. The van der Waals surface area contributed by atoms with E-state index in [0.29, 0.717) is 51.2 Å². The number of hydrogen-bond donors (Lipinski definition) is 2. The van der Waals surface area contributed by atoms with Gasteiger partial charge in [0.1, 0.15) is 28.7 Å². The normalized spacial score (nSPS) is 13.9. The van der Waals surface area contributed by atoms with E-state index in [2.05, 4.69) is 15.3 Å². The van der Waals surface area contributed by atoms with Gasteiger partial charge >= 0.3 is 5.97 Å². The molecule has 0 radical (unpaired) electrons. The van der Waals surface area contributed by atoms with Crippen molar-refractivity contribution >= 4 is 33.2 Å². The highest BCUT2D eigenvalue weighted by Crippen LogP contribution is 2.34. The van der Waals surface area contributed by atoms with Crippen molar-refractivity contribution in [1.29, 1.82) is 0 Å². The molecule has 3 heterocycles. The molecular formula is C20H21N3O5S. The smallest absolute Gasteiger partial charge is 0.348 e. The minimum atomic E-state index is -0.434. The lowest BCUT2D eigenvalue weighted by atomic mass is 10.2. The SMILES string of the molecule is CCOC(=O)c1sc2nc([C@@H](C)Nc3ccc4c(c3)OCCO4)[nH]c(=O)c2c1C. The monoisotopic (exact) mass is 415 g/mol. The van der Waals surface area contributed by atoms with Crippen LogP contribution in [0.5, 0.6) is 11.5 Å². The Kier molecular flexibility index (Phi) is 5.14. The number of nitrogens with one attached hydrogen (secondary N) is 2. The molecule has 0 saturated heterocycles. The van der Waals surface area contributed by atoms with Gasteiger partial charge in [0.15, 0.2) is 11.5 Å². The number of carbonyl (C=O) groups is 1. The van der Waals surface area contributed by atoms with Crippen molar-refractivity contribution in [2.75, 3.05) is 25.1 Å². The van der Waals surface area contributed by atoms with Crippen molar-refractivity contribution in [1.82, 2.24) is 9.97 Å². The molecule has 0 amide bonds. The zero-order valence-electron chi connectivity index (χ0n) is 16.3. The van der Waals surface area contributed by atoms with Crippen molar-refractivity contribution in [3.05, 3.63) is 44.8 Å². The van der Waals surface area contributed by atoms with Gasteiger partial charge in [-0.15, -0.1) is 11.3 Å². The number of ether oxygens (including phenoxy) is 3. The van der Waals surface area contributed by atoms with E-state index in [1.807, 2.05) is 25.1 Å². The highest BCUT2D eigenvalue weighted by molar-refractivity contribution is 7.20. The molecule has 0 spiro atoms. The topological polar surface area (TPSA) is 103 Å². The molecule has 0 saturated carbocycles. The van der Waals surface area contributed by atoms with Crippen molar-refractivity contribution in [2.24, 2.45) is 0 Å². The van der Waals surface area contributed by atoms with Crippen LogP contribution >= 0.6 is 11.3 Å². The van der Waals surface area contributed by atoms with E-state index in [1.165, 1.54) is 11.3 Å². The van der Waals surface area contributed by atoms with Crippen LogP contribution in [-0.2, 0) is 4.74 Å². The van der Waals surface area contributed by atoms with Crippen LogP contribution < -0.4 is 20.3 Å². The zero-order valence-corrected chi connectivity index (χ0v) is 17.1. The Hall–Kier alpha value is -3.07. The van der Waals surface area contributed by atoms with E-state index < -0.39 is 5.97 Å². The number of carbonyl (C=O) groups excluding carboxylic acids is 1. The molecule has 9 heteroatoms. The number of nitrogens with zero attached hydrogens (tertiary/aromatic N) is 1. The van der Waals surface area contributed by atoms with Crippen molar-refractivity contribution in [2.45, 2.75) is 26.8 Å². The Morgan fingerprint density at radius 2 is 2.10 bits per heavy atom. The third-order valence-corrected chi connectivity index (χ3v) is 5.78.